The van der Waals surface area contributed by atoms with Gasteiger partial charge in [-0.1, -0.05) is 23.4 Å². The van der Waals surface area contributed by atoms with Crippen LogP contribution in [0.3, 0.4) is 0 Å². The summed E-state index contributed by atoms with van der Waals surface area (Å²) in [6.07, 6.45) is -4.69. The van der Waals surface area contributed by atoms with E-state index in [0.29, 0.717) is 0 Å². The fourth-order valence-corrected chi connectivity index (χ4v) is 2.16. The molecular weight excluding hydrogens is 313 g/mol. The largest absolute Gasteiger partial charge is 0.462 e. The number of ether oxygens (including phenoxy) is 1. The van der Waals surface area contributed by atoms with Crippen LogP contribution in [0, 0.1) is 6.92 Å². The Hall–Kier alpha value is -2.35. The number of rotatable bonds is 4. The summed E-state index contributed by atoms with van der Waals surface area (Å²) in [6.45, 7) is 3.26. The summed E-state index contributed by atoms with van der Waals surface area (Å²) in [5.41, 5.74) is 5.85. The first-order valence-corrected chi connectivity index (χ1v) is 6.82. The average Bonchev–Trinajstić information content (AvgIpc) is 2.87. The molecule has 0 fully saturated rings. The molecule has 0 aliphatic heterocycles. The topological polar surface area (TPSA) is 78.3 Å². The van der Waals surface area contributed by atoms with E-state index in [2.05, 4.69) is 5.16 Å². The summed E-state index contributed by atoms with van der Waals surface area (Å²) >= 11 is 0. The minimum absolute atomic E-state index is 0.0541. The maximum Gasteiger partial charge on any atom is 0.410 e. The van der Waals surface area contributed by atoms with Gasteiger partial charge in [-0.2, -0.15) is 13.2 Å². The third-order valence-electron chi connectivity index (χ3n) is 3.22. The molecule has 5 nitrogen and oxygen atoms in total. The highest BCUT2D eigenvalue weighted by Crippen LogP contribution is 2.39. The highest BCUT2D eigenvalue weighted by molar-refractivity contribution is 5.97. The Kier molecular flexibility index (Phi) is 4.74. The van der Waals surface area contributed by atoms with Gasteiger partial charge in [0.1, 0.15) is 0 Å². The highest BCUT2D eigenvalue weighted by atomic mass is 19.4. The van der Waals surface area contributed by atoms with Gasteiger partial charge in [0.25, 0.3) is 0 Å². The lowest BCUT2D eigenvalue weighted by Gasteiger charge is -2.15. The van der Waals surface area contributed by atoms with E-state index in [1.165, 1.54) is 19.1 Å². The third kappa shape index (κ3) is 3.37. The number of carbonyl (C=O) groups excluding carboxylic acids is 1. The lowest BCUT2D eigenvalue weighted by molar-refractivity contribution is -0.153. The second kappa shape index (κ2) is 6.41. The van der Waals surface area contributed by atoms with Crippen molar-refractivity contribution in [2.45, 2.75) is 26.1 Å². The van der Waals surface area contributed by atoms with Gasteiger partial charge < -0.3 is 15.0 Å². The Morgan fingerprint density at radius 2 is 2.04 bits per heavy atom. The van der Waals surface area contributed by atoms with E-state index >= 15 is 0 Å². The van der Waals surface area contributed by atoms with Gasteiger partial charge in [0.05, 0.1) is 23.4 Å². The number of benzene rings is 1. The zero-order valence-electron chi connectivity index (χ0n) is 12.5. The van der Waals surface area contributed by atoms with E-state index in [0.717, 1.165) is 0 Å². The zero-order chi connectivity index (χ0) is 17.2. The summed E-state index contributed by atoms with van der Waals surface area (Å²) in [5.74, 6) is -1.18. The Balaban J connectivity index is 2.60. The van der Waals surface area contributed by atoms with Crippen molar-refractivity contribution >= 4 is 5.97 Å². The second-order valence-electron chi connectivity index (χ2n) is 4.79. The van der Waals surface area contributed by atoms with Gasteiger partial charge in [0, 0.05) is 5.56 Å². The number of aromatic nitrogens is 1. The number of nitrogens with two attached hydrogens (primary N) is 1. The van der Waals surface area contributed by atoms with Crippen LogP contribution in [0.1, 0.15) is 34.8 Å². The van der Waals surface area contributed by atoms with Gasteiger partial charge in [-0.15, -0.1) is 0 Å². The van der Waals surface area contributed by atoms with Gasteiger partial charge in [0.15, 0.2) is 11.8 Å². The summed E-state index contributed by atoms with van der Waals surface area (Å²) < 4.78 is 48.5. The fourth-order valence-electron chi connectivity index (χ4n) is 2.16. The van der Waals surface area contributed by atoms with Crippen molar-refractivity contribution in [1.82, 2.24) is 5.16 Å². The van der Waals surface area contributed by atoms with Crippen molar-refractivity contribution in [3.63, 3.8) is 0 Å². The predicted octanol–water partition coefficient (Wildman–Crippen LogP) is 3.39. The number of halogens is 3. The van der Waals surface area contributed by atoms with Crippen LogP contribution in [0.25, 0.3) is 11.1 Å². The molecule has 0 bridgehead atoms. The quantitative estimate of drug-likeness (QED) is 0.870. The standard InChI is InChI=1S/C15H15F3N2O3/c1-3-22-14(21)10-7-5-4-6-9(10)11-8(2)20-23-12(11)13(19)15(16,17)18/h4-7,13H,3,19H2,1-2H3/t13-/m0/s1. The molecule has 0 saturated carbocycles. The lowest BCUT2D eigenvalue weighted by Crippen LogP contribution is -2.28. The molecule has 0 aliphatic carbocycles. The van der Waals surface area contributed by atoms with Crippen molar-refractivity contribution in [2.75, 3.05) is 6.61 Å². The third-order valence-corrected chi connectivity index (χ3v) is 3.22. The van der Waals surface area contributed by atoms with Crippen LogP contribution in [0.4, 0.5) is 13.2 Å². The monoisotopic (exact) mass is 328 g/mol. The lowest BCUT2D eigenvalue weighted by atomic mass is 9.96. The van der Waals surface area contributed by atoms with Gasteiger partial charge >= 0.3 is 12.1 Å². The molecule has 1 aromatic carbocycles. The summed E-state index contributed by atoms with van der Waals surface area (Å²) in [4.78, 5) is 12.0. The van der Waals surface area contributed by atoms with Crippen LogP contribution in [-0.2, 0) is 4.74 Å². The minimum atomic E-state index is -4.69. The first kappa shape index (κ1) is 17.0. The van der Waals surface area contributed by atoms with E-state index in [1.807, 2.05) is 0 Å². The molecule has 124 valence electrons. The van der Waals surface area contributed by atoms with E-state index in [-0.39, 0.29) is 29.0 Å². The van der Waals surface area contributed by atoms with Crippen LogP contribution in [0.15, 0.2) is 28.8 Å². The molecular formula is C15H15F3N2O3. The summed E-state index contributed by atoms with van der Waals surface area (Å²) in [6, 6.07) is 3.80. The molecule has 8 heteroatoms. The van der Waals surface area contributed by atoms with E-state index < -0.39 is 23.9 Å². The number of hydrogen-bond acceptors (Lipinski definition) is 5. The first-order chi connectivity index (χ1) is 10.8. The SMILES string of the molecule is CCOC(=O)c1ccccc1-c1c(C)noc1[C@H](N)C(F)(F)F. The Bertz CT molecular complexity index is 710. The molecule has 2 rings (SSSR count). The molecule has 2 aromatic rings. The number of esters is 1. The fraction of sp³-hybridized carbons (Fsp3) is 0.333. The number of nitrogens with zero attached hydrogens (tertiary/aromatic N) is 1. The summed E-state index contributed by atoms with van der Waals surface area (Å²) in [5, 5.41) is 3.57. The van der Waals surface area contributed by atoms with Gasteiger partial charge in [-0.25, -0.2) is 4.79 Å². The highest BCUT2D eigenvalue weighted by Gasteiger charge is 2.42. The molecule has 1 atom stereocenters. The number of alkyl halides is 3. The van der Waals surface area contributed by atoms with Crippen LogP contribution in [-0.4, -0.2) is 23.9 Å². The van der Waals surface area contributed by atoms with Gasteiger partial charge in [-0.05, 0) is 19.9 Å². The molecule has 0 radical (unpaired) electrons. The first-order valence-electron chi connectivity index (χ1n) is 6.82. The maximum absolute atomic E-state index is 12.9. The Morgan fingerprint density at radius 1 is 1.39 bits per heavy atom. The van der Waals surface area contributed by atoms with Crippen molar-refractivity contribution in [1.29, 1.82) is 0 Å². The van der Waals surface area contributed by atoms with Crippen molar-refractivity contribution in [2.24, 2.45) is 5.73 Å². The van der Waals surface area contributed by atoms with Crippen molar-refractivity contribution in [3.05, 3.63) is 41.3 Å². The van der Waals surface area contributed by atoms with Crippen LogP contribution in [0.5, 0.6) is 0 Å². The smallest absolute Gasteiger partial charge is 0.410 e. The molecule has 23 heavy (non-hydrogen) atoms. The predicted molar refractivity (Wildman–Crippen MR) is 75.6 cm³/mol. The van der Waals surface area contributed by atoms with Crippen LogP contribution in [0.2, 0.25) is 0 Å². The van der Waals surface area contributed by atoms with E-state index in [4.69, 9.17) is 15.0 Å². The number of hydrogen-bond donors (Lipinski definition) is 1. The molecule has 0 amide bonds. The van der Waals surface area contributed by atoms with Gasteiger partial charge in [0.2, 0.25) is 0 Å². The maximum atomic E-state index is 12.9. The van der Waals surface area contributed by atoms with Gasteiger partial charge in [-0.3, -0.25) is 0 Å². The Labute approximate surface area is 130 Å². The molecule has 0 spiro atoms. The molecule has 1 heterocycles. The molecule has 0 aliphatic rings. The molecule has 0 saturated heterocycles. The van der Waals surface area contributed by atoms with E-state index in [1.54, 1.807) is 19.1 Å². The minimum Gasteiger partial charge on any atom is -0.462 e. The van der Waals surface area contributed by atoms with Crippen molar-refractivity contribution in [3.8, 4) is 11.1 Å². The van der Waals surface area contributed by atoms with E-state index in [9.17, 15) is 18.0 Å². The van der Waals surface area contributed by atoms with Crippen molar-refractivity contribution < 1.29 is 27.2 Å². The number of carbonyl (C=O) groups is 1. The number of aryl methyl sites for hydroxylation is 1. The molecule has 1 aromatic heterocycles. The Morgan fingerprint density at radius 3 is 2.65 bits per heavy atom. The molecule has 0 unspecified atom stereocenters. The van der Waals surface area contributed by atoms with Crippen LogP contribution < -0.4 is 5.73 Å². The molecule has 2 N–H and O–H groups in total. The zero-order valence-corrected chi connectivity index (χ0v) is 12.5. The van der Waals surface area contributed by atoms with Crippen LogP contribution >= 0.6 is 0 Å². The average molecular weight is 328 g/mol. The normalized spacial score (nSPS) is 13.0. The second-order valence-corrected chi connectivity index (χ2v) is 4.79. The summed E-state index contributed by atoms with van der Waals surface area (Å²) in [7, 11) is 0.